The molecule has 0 aromatic carbocycles. The predicted molar refractivity (Wildman–Crippen MR) is 51.4 cm³/mol. The maximum atomic E-state index is 11.7. The highest BCUT2D eigenvalue weighted by atomic mass is 32.2. The van der Waals surface area contributed by atoms with Crippen LogP contribution in [-0.4, -0.2) is 50.3 Å². The summed E-state index contributed by atoms with van der Waals surface area (Å²) in [6, 6.07) is -0.00704. The van der Waals surface area contributed by atoms with E-state index in [4.69, 9.17) is 5.73 Å². The summed E-state index contributed by atoms with van der Waals surface area (Å²) in [5.74, 6) is 0. The van der Waals surface area contributed by atoms with Crippen molar-refractivity contribution in [1.29, 1.82) is 0 Å². The van der Waals surface area contributed by atoms with Crippen molar-refractivity contribution < 1.29 is 8.42 Å². The topological polar surface area (TPSA) is 66.6 Å². The van der Waals surface area contributed by atoms with Crippen molar-refractivity contribution in [3.63, 3.8) is 0 Å². The number of rotatable bonds is 3. The largest absolute Gasteiger partial charge is 0.329 e. The average Bonchev–Trinajstić information content (AvgIpc) is 2.51. The van der Waals surface area contributed by atoms with Crippen LogP contribution in [-0.2, 0) is 10.2 Å². The van der Waals surface area contributed by atoms with Gasteiger partial charge >= 0.3 is 0 Å². The summed E-state index contributed by atoms with van der Waals surface area (Å²) >= 11 is 0. The van der Waals surface area contributed by atoms with Gasteiger partial charge in [-0.1, -0.05) is 0 Å². The minimum atomic E-state index is -3.25. The molecule has 0 saturated carbocycles. The zero-order valence-corrected chi connectivity index (χ0v) is 8.92. The molecule has 1 aliphatic rings. The van der Waals surface area contributed by atoms with Gasteiger partial charge in [-0.2, -0.15) is 17.0 Å². The van der Waals surface area contributed by atoms with Crippen LogP contribution in [0.2, 0.25) is 0 Å². The Kier molecular flexibility index (Phi) is 3.28. The summed E-state index contributed by atoms with van der Waals surface area (Å²) in [6.07, 6.45) is 1.79. The van der Waals surface area contributed by atoms with Gasteiger partial charge in [-0.3, -0.25) is 0 Å². The minimum absolute atomic E-state index is 0.00704. The SMILES string of the molecule is CN(C)S(=O)(=O)N1CCC[C@@H]1CN. The molecule has 0 amide bonds. The van der Waals surface area contributed by atoms with Crippen molar-refractivity contribution in [3.05, 3.63) is 0 Å². The highest BCUT2D eigenvalue weighted by molar-refractivity contribution is 7.86. The number of nitrogens with zero attached hydrogens (tertiary/aromatic N) is 2. The van der Waals surface area contributed by atoms with Crippen LogP contribution < -0.4 is 5.73 Å². The fourth-order valence-corrected chi connectivity index (χ4v) is 2.91. The van der Waals surface area contributed by atoms with E-state index in [0.717, 1.165) is 12.8 Å². The first kappa shape index (κ1) is 10.9. The van der Waals surface area contributed by atoms with E-state index in [2.05, 4.69) is 0 Å². The van der Waals surface area contributed by atoms with Crippen LogP contribution in [0.3, 0.4) is 0 Å². The van der Waals surface area contributed by atoms with Gasteiger partial charge < -0.3 is 5.73 Å². The van der Waals surface area contributed by atoms with E-state index in [9.17, 15) is 8.42 Å². The fourth-order valence-electron chi connectivity index (χ4n) is 1.56. The smallest absolute Gasteiger partial charge is 0.281 e. The third-order valence-corrected chi connectivity index (χ3v) is 4.35. The van der Waals surface area contributed by atoms with Gasteiger partial charge in [0.2, 0.25) is 0 Å². The van der Waals surface area contributed by atoms with Crippen LogP contribution in [0.25, 0.3) is 0 Å². The first-order valence-corrected chi connectivity index (χ1v) is 5.79. The second-order valence-corrected chi connectivity index (χ2v) is 5.53. The van der Waals surface area contributed by atoms with Crippen molar-refractivity contribution in [1.82, 2.24) is 8.61 Å². The summed E-state index contributed by atoms with van der Waals surface area (Å²) in [6.45, 7) is 1.01. The van der Waals surface area contributed by atoms with Crippen molar-refractivity contribution >= 4 is 10.2 Å². The quantitative estimate of drug-likeness (QED) is 0.660. The molecule has 1 aliphatic heterocycles. The maximum absolute atomic E-state index is 11.7. The Morgan fingerprint density at radius 1 is 1.54 bits per heavy atom. The molecule has 0 unspecified atom stereocenters. The van der Waals surface area contributed by atoms with Crippen LogP contribution in [0.5, 0.6) is 0 Å². The molecule has 78 valence electrons. The Morgan fingerprint density at radius 2 is 2.15 bits per heavy atom. The molecule has 2 N–H and O–H groups in total. The lowest BCUT2D eigenvalue weighted by atomic mass is 10.2. The van der Waals surface area contributed by atoms with Crippen LogP contribution in [0.15, 0.2) is 0 Å². The Hall–Kier alpha value is -0.170. The van der Waals surface area contributed by atoms with E-state index in [1.54, 1.807) is 14.1 Å². The summed E-state index contributed by atoms with van der Waals surface area (Å²) in [4.78, 5) is 0. The van der Waals surface area contributed by atoms with Crippen LogP contribution in [0.4, 0.5) is 0 Å². The van der Waals surface area contributed by atoms with Gasteiger partial charge in [0.05, 0.1) is 0 Å². The normalized spacial score (nSPS) is 25.7. The Labute approximate surface area is 79.7 Å². The molecule has 0 aromatic rings. The molecule has 6 heteroatoms. The zero-order valence-electron chi connectivity index (χ0n) is 8.10. The maximum Gasteiger partial charge on any atom is 0.281 e. The molecule has 0 aliphatic carbocycles. The molecule has 1 saturated heterocycles. The predicted octanol–water partition coefficient (Wildman–Crippen LogP) is -0.784. The van der Waals surface area contributed by atoms with E-state index in [-0.39, 0.29) is 6.04 Å². The van der Waals surface area contributed by atoms with Gasteiger partial charge in [0.25, 0.3) is 10.2 Å². The lowest BCUT2D eigenvalue weighted by Crippen LogP contribution is -2.45. The Balaban J connectivity index is 2.82. The highest BCUT2D eigenvalue weighted by Crippen LogP contribution is 2.20. The van der Waals surface area contributed by atoms with Gasteiger partial charge in [0.1, 0.15) is 0 Å². The molecule has 0 bridgehead atoms. The van der Waals surface area contributed by atoms with E-state index in [1.807, 2.05) is 0 Å². The summed E-state index contributed by atoms with van der Waals surface area (Å²) in [5, 5.41) is 0. The van der Waals surface area contributed by atoms with Crippen molar-refractivity contribution in [2.75, 3.05) is 27.2 Å². The van der Waals surface area contributed by atoms with Crippen molar-refractivity contribution in [2.45, 2.75) is 18.9 Å². The Bertz CT molecular complexity index is 263. The third-order valence-electron chi connectivity index (χ3n) is 2.35. The molecule has 5 nitrogen and oxygen atoms in total. The van der Waals surface area contributed by atoms with Crippen LogP contribution >= 0.6 is 0 Å². The first-order chi connectivity index (χ1) is 6.00. The number of hydrogen-bond acceptors (Lipinski definition) is 3. The first-order valence-electron chi connectivity index (χ1n) is 4.39. The molecule has 1 rings (SSSR count). The van der Waals surface area contributed by atoms with Gasteiger partial charge in [-0.15, -0.1) is 0 Å². The highest BCUT2D eigenvalue weighted by Gasteiger charge is 2.34. The third kappa shape index (κ3) is 2.01. The lowest BCUT2D eigenvalue weighted by molar-refractivity contribution is 0.361. The monoisotopic (exact) mass is 207 g/mol. The van der Waals surface area contributed by atoms with E-state index < -0.39 is 10.2 Å². The average molecular weight is 207 g/mol. The molecule has 0 spiro atoms. The number of hydrogen-bond donors (Lipinski definition) is 1. The molecule has 1 heterocycles. The van der Waals surface area contributed by atoms with Gasteiger partial charge in [-0.05, 0) is 12.8 Å². The van der Waals surface area contributed by atoms with E-state index in [1.165, 1.54) is 8.61 Å². The lowest BCUT2D eigenvalue weighted by Gasteiger charge is -2.25. The standard InChI is InChI=1S/C7H17N3O2S/c1-9(2)13(11,12)10-5-3-4-7(10)6-8/h7H,3-6,8H2,1-2H3/t7-/m1/s1. The zero-order chi connectivity index (χ0) is 10.1. The summed E-state index contributed by atoms with van der Waals surface area (Å²) < 4.78 is 26.1. The van der Waals surface area contributed by atoms with Gasteiger partial charge in [0.15, 0.2) is 0 Å². The van der Waals surface area contributed by atoms with Crippen molar-refractivity contribution in [2.24, 2.45) is 5.73 Å². The van der Waals surface area contributed by atoms with Crippen LogP contribution in [0.1, 0.15) is 12.8 Å². The van der Waals surface area contributed by atoms with Crippen molar-refractivity contribution in [3.8, 4) is 0 Å². The fraction of sp³-hybridized carbons (Fsp3) is 1.00. The molecular formula is C7H17N3O2S. The molecule has 1 fully saturated rings. The van der Waals surface area contributed by atoms with E-state index in [0.29, 0.717) is 13.1 Å². The van der Waals surface area contributed by atoms with E-state index >= 15 is 0 Å². The second kappa shape index (κ2) is 3.91. The Morgan fingerprint density at radius 3 is 2.62 bits per heavy atom. The minimum Gasteiger partial charge on any atom is -0.329 e. The van der Waals surface area contributed by atoms with Crippen LogP contribution in [0, 0.1) is 0 Å². The summed E-state index contributed by atoms with van der Waals surface area (Å²) in [7, 11) is -0.165. The van der Waals surface area contributed by atoms with Gasteiger partial charge in [-0.25, -0.2) is 0 Å². The molecule has 13 heavy (non-hydrogen) atoms. The molecule has 1 atom stereocenters. The molecule has 0 aromatic heterocycles. The van der Waals surface area contributed by atoms with Gasteiger partial charge in [0, 0.05) is 33.2 Å². The molecular weight excluding hydrogens is 190 g/mol. The number of nitrogens with two attached hydrogens (primary N) is 1. The molecule has 0 radical (unpaired) electrons. The second-order valence-electron chi connectivity index (χ2n) is 3.43. The summed E-state index contributed by atoms with van der Waals surface area (Å²) in [5.41, 5.74) is 5.50.